The van der Waals surface area contributed by atoms with E-state index in [0.717, 1.165) is 0 Å². The van der Waals surface area contributed by atoms with E-state index in [0.29, 0.717) is 6.54 Å². The highest BCUT2D eigenvalue weighted by Gasteiger charge is 2.11. The van der Waals surface area contributed by atoms with Gasteiger partial charge in [-0.1, -0.05) is 0 Å². The van der Waals surface area contributed by atoms with Crippen LogP contribution in [0.5, 0.6) is 0 Å². The summed E-state index contributed by atoms with van der Waals surface area (Å²) in [6, 6.07) is -0.352. The van der Waals surface area contributed by atoms with E-state index in [1.165, 1.54) is 7.11 Å². The van der Waals surface area contributed by atoms with Gasteiger partial charge >= 0.3 is 5.97 Å². The zero-order valence-electron chi connectivity index (χ0n) is 7.13. The third-order valence-corrected chi connectivity index (χ3v) is 1.27. The van der Waals surface area contributed by atoms with Gasteiger partial charge in [-0.25, -0.2) is 0 Å². The van der Waals surface area contributed by atoms with Crippen molar-refractivity contribution in [1.82, 2.24) is 5.32 Å². The van der Waals surface area contributed by atoms with Crippen molar-refractivity contribution in [3.05, 3.63) is 0 Å². The van der Waals surface area contributed by atoms with Crippen molar-refractivity contribution in [2.75, 3.05) is 13.7 Å². The number of hydrogen-bond acceptors (Lipinski definition) is 4. The molecule has 0 heterocycles. The molecule has 4 heteroatoms. The third kappa shape index (κ3) is 4.75. The molecule has 0 bridgehead atoms. The van der Waals surface area contributed by atoms with Crippen LogP contribution < -0.4 is 5.32 Å². The van der Waals surface area contributed by atoms with Crippen molar-refractivity contribution in [2.24, 2.45) is 0 Å². The molecule has 11 heavy (non-hydrogen) atoms. The van der Waals surface area contributed by atoms with Crippen LogP contribution in [0, 0.1) is 0 Å². The van der Waals surface area contributed by atoms with Gasteiger partial charge < -0.3 is 15.2 Å². The van der Waals surface area contributed by atoms with Crippen molar-refractivity contribution in [2.45, 2.75) is 26.0 Å². The molecule has 2 atom stereocenters. The quantitative estimate of drug-likeness (QED) is 0.547. The Labute approximate surface area is 66.5 Å². The van der Waals surface area contributed by atoms with Gasteiger partial charge in [0.2, 0.25) is 0 Å². The van der Waals surface area contributed by atoms with Gasteiger partial charge in [-0.15, -0.1) is 0 Å². The second-order valence-electron chi connectivity index (χ2n) is 2.50. The number of rotatable bonds is 4. The maximum Gasteiger partial charge on any atom is 0.322 e. The average Bonchev–Trinajstić information content (AvgIpc) is 1.98. The molecule has 0 saturated carbocycles. The number of esters is 1. The predicted molar refractivity (Wildman–Crippen MR) is 41.2 cm³/mol. The van der Waals surface area contributed by atoms with Crippen LogP contribution in [0.4, 0.5) is 0 Å². The average molecular weight is 161 g/mol. The number of methoxy groups -OCH3 is 1. The molecule has 0 rings (SSSR count). The van der Waals surface area contributed by atoms with E-state index < -0.39 is 6.10 Å². The summed E-state index contributed by atoms with van der Waals surface area (Å²) >= 11 is 0. The Morgan fingerprint density at radius 3 is 2.55 bits per heavy atom. The minimum Gasteiger partial charge on any atom is -0.468 e. The number of hydrogen-bond donors (Lipinski definition) is 2. The first kappa shape index (κ1) is 10.4. The lowest BCUT2D eigenvalue weighted by molar-refractivity contribution is -0.142. The van der Waals surface area contributed by atoms with Gasteiger partial charge in [-0.05, 0) is 13.8 Å². The number of aliphatic hydroxyl groups is 1. The summed E-state index contributed by atoms with van der Waals surface area (Å²) in [7, 11) is 1.34. The first-order chi connectivity index (χ1) is 5.07. The highest BCUT2D eigenvalue weighted by Crippen LogP contribution is 1.86. The minimum atomic E-state index is -0.442. The van der Waals surface area contributed by atoms with E-state index in [2.05, 4.69) is 10.1 Å². The molecule has 2 N–H and O–H groups in total. The highest BCUT2D eigenvalue weighted by atomic mass is 16.5. The molecule has 0 aromatic carbocycles. The summed E-state index contributed by atoms with van der Waals surface area (Å²) in [5.41, 5.74) is 0. The number of carbonyl (C=O) groups excluding carboxylic acids is 1. The highest BCUT2D eigenvalue weighted by molar-refractivity contribution is 5.75. The smallest absolute Gasteiger partial charge is 0.322 e. The summed E-state index contributed by atoms with van der Waals surface area (Å²) in [5, 5.41) is 11.6. The lowest BCUT2D eigenvalue weighted by Gasteiger charge is -2.12. The molecule has 0 aliphatic carbocycles. The van der Waals surface area contributed by atoms with Gasteiger partial charge in [0.25, 0.3) is 0 Å². The van der Waals surface area contributed by atoms with Crippen LogP contribution in [-0.2, 0) is 9.53 Å². The molecule has 1 unspecified atom stereocenters. The fourth-order valence-corrected chi connectivity index (χ4v) is 0.607. The molecule has 0 aliphatic rings. The predicted octanol–water partition coefficient (Wildman–Crippen LogP) is -0.482. The first-order valence-electron chi connectivity index (χ1n) is 3.57. The molecule has 0 aromatic heterocycles. The van der Waals surface area contributed by atoms with E-state index in [-0.39, 0.29) is 12.0 Å². The van der Waals surface area contributed by atoms with Crippen LogP contribution in [0.1, 0.15) is 13.8 Å². The molecule has 0 saturated heterocycles. The zero-order valence-corrected chi connectivity index (χ0v) is 7.13. The van der Waals surface area contributed by atoms with Crippen molar-refractivity contribution in [1.29, 1.82) is 0 Å². The fourth-order valence-electron chi connectivity index (χ4n) is 0.607. The first-order valence-corrected chi connectivity index (χ1v) is 3.57. The van der Waals surface area contributed by atoms with E-state index in [1.54, 1.807) is 13.8 Å². The second kappa shape index (κ2) is 5.09. The Kier molecular flexibility index (Phi) is 4.81. The largest absolute Gasteiger partial charge is 0.468 e. The van der Waals surface area contributed by atoms with Gasteiger partial charge in [-0.2, -0.15) is 0 Å². The number of nitrogens with one attached hydrogen (secondary N) is 1. The zero-order chi connectivity index (χ0) is 8.85. The van der Waals surface area contributed by atoms with Gasteiger partial charge in [0.05, 0.1) is 13.2 Å². The Morgan fingerprint density at radius 2 is 2.18 bits per heavy atom. The number of ether oxygens (including phenoxy) is 1. The van der Waals surface area contributed by atoms with E-state index in [4.69, 9.17) is 5.11 Å². The lowest BCUT2D eigenvalue weighted by Crippen LogP contribution is -2.38. The molecule has 0 amide bonds. The van der Waals surface area contributed by atoms with Crippen LogP contribution in [0.25, 0.3) is 0 Å². The second-order valence-corrected chi connectivity index (χ2v) is 2.50. The van der Waals surface area contributed by atoms with E-state index in [9.17, 15) is 4.79 Å². The van der Waals surface area contributed by atoms with Crippen LogP contribution in [0.2, 0.25) is 0 Å². The summed E-state index contributed by atoms with van der Waals surface area (Å²) < 4.78 is 4.46. The van der Waals surface area contributed by atoms with Gasteiger partial charge in [-0.3, -0.25) is 4.79 Å². The van der Waals surface area contributed by atoms with Crippen LogP contribution in [0.15, 0.2) is 0 Å². The Bertz CT molecular complexity index is 125. The molecular formula is C7H15NO3. The van der Waals surface area contributed by atoms with Crippen molar-refractivity contribution in [3.63, 3.8) is 0 Å². The lowest BCUT2D eigenvalue weighted by atomic mass is 10.3. The monoisotopic (exact) mass is 161 g/mol. The molecule has 0 aliphatic heterocycles. The summed E-state index contributed by atoms with van der Waals surface area (Å²) in [6.07, 6.45) is -0.442. The normalized spacial score (nSPS) is 15.6. The van der Waals surface area contributed by atoms with E-state index >= 15 is 0 Å². The maximum absolute atomic E-state index is 10.8. The van der Waals surface area contributed by atoms with Crippen LogP contribution >= 0.6 is 0 Å². The Balaban J connectivity index is 3.52. The minimum absolute atomic E-state index is 0.314. The van der Waals surface area contributed by atoms with Crippen molar-refractivity contribution >= 4 is 5.97 Å². The molecule has 0 fully saturated rings. The number of carbonyl (C=O) groups is 1. The third-order valence-electron chi connectivity index (χ3n) is 1.27. The Morgan fingerprint density at radius 1 is 1.64 bits per heavy atom. The van der Waals surface area contributed by atoms with Crippen molar-refractivity contribution < 1.29 is 14.6 Å². The van der Waals surface area contributed by atoms with Crippen molar-refractivity contribution in [3.8, 4) is 0 Å². The van der Waals surface area contributed by atoms with Gasteiger partial charge in [0.15, 0.2) is 0 Å². The van der Waals surface area contributed by atoms with Gasteiger partial charge in [0, 0.05) is 6.54 Å². The SMILES string of the molecule is COC(=O)C(C)NC[C@@H](C)O. The fraction of sp³-hybridized carbons (Fsp3) is 0.857. The van der Waals surface area contributed by atoms with Gasteiger partial charge in [0.1, 0.15) is 6.04 Å². The molecule has 0 aromatic rings. The summed E-state index contributed by atoms with van der Waals surface area (Å²) in [4.78, 5) is 10.8. The standard InChI is InChI=1S/C7H15NO3/c1-5(9)4-8-6(2)7(10)11-3/h5-6,8-9H,4H2,1-3H3/t5-,6?/m1/s1. The van der Waals surface area contributed by atoms with Crippen LogP contribution in [-0.4, -0.2) is 36.9 Å². The molecule has 4 nitrogen and oxygen atoms in total. The number of aliphatic hydroxyl groups excluding tert-OH is 1. The summed E-state index contributed by atoms with van der Waals surface area (Å²) in [5.74, 6) is -0.314. The van der Waals surface area contributed by atoms with E-state index in [1.807, 2.05) is 0 Å². The topological polar surface area (TPSA) is 58.6 Å². The summed E-state index contributed by atoms with van der Waals surface area (Å²) in [6.45, 7) is 3.74. The molecular weight excluding hydrogens is 146 g/mol. The molecule has 66 valence electrons. The molecule has 0 radical (unpaired) electrons. The Hall–Kier alpha value is -0.610. The van der Waals surface area contributed by atoms with Crippen LogP contribution in [0.3, 0.4) is 0 Å². The maximum atomic E-state index is 10.8. The molecule has 0 spiro atoms.